The van der Waals surface area contributed by atoms with E-state index in [4.69, 9.17) is 0 Å². The van der Waals surface area contributed by atoms with Crippen molar-refractivity contribution in [2.75, 3.05) is 6.61 Å². The van der Waals surface area contributed by atoms with Gasteiger partial charge in [-0.05, 0) is 126 Å². The summed E-state index contributed by atoms with van der Waals surface area (Å²) in [5.41, 5.74) is 6.88. The van der Waals surface area contributed by atoms with Gasteiger partial charge in [-0.1, -0.05) is 24.5 Å². The molecule has 5 heteroatoms. The minimum Gasteiger partial charge on any atom is -0.392 e. The summed E-state index contributed by atoms with van der Waals surface area (Å²) >= 11 is 0. The van der Waals surface area contributed by atoms with Crippen molar-refractivity contribution in [1.29, 1.82) is 0 Å². The lowest BCUT2D eigenvalue weighted by atomic mass is 9.67. The van der Waals surface area contributed by atoms with Crippen molar-refractivity contribution in [1.82, 2.24) is 0 Å². The normalized spacial score (nSPS) is 32.1. The number of rotatable bonds is 4. The number of carbonyl (C=O) groups is 2. The second-order valence-electron chi connectivity index (χ2n) is 12.7. The zero-order chi connectivity index (χ0) is 28.0. The first-order valence-corrected chi connectivity index (χ1v) is 14.2. The van der Waals surface area contributed by atoms with Gasteiger partial charge in [0.25, 0.3) is 0 Å². The smallest absolute Gasteiger partial charge is 0.195 e. The number of ketones is 2. The Bertz CT molecular complexity index is 1340. The van der Waals surface area contributed by atoms with E-state index in [1.807, 2.05) is 19.9 Å². The molecule has 0 aromatic heterocycles. The van der Waals surface area contributed by atoms with Gasteiger partial charge in [0.05, 0.1) is 6.61 Å². The number of fused-ring (bicyclic) bond motifs is 2. The summed E-state index contributed by atoms with van der Waals surface area (Å²) in [6.45, 7) is 13.6. The van der Waals surface area contributed by atoms with Crippen molar-refractivity contribution >= 4 is 11.6 Å². The molecule has 2 spiro atoms. The Morgan fingerprint density at radius 1 is 0.737 bits per heavy atom. The van der Waals surface area contributed by atoms with E-state index >= 15 is 0 Å². The molecule has 0 amide bonds. The van der Waals surface area contributed by atoms with E-state index < -0.39 is 11.2 Å². The summed E-state index contributed by atoms with van der Waals surface area (Å²) in [7, 11) is 0. The molecule has 2 fully saturated rings. The van der Waals surface area contributed by atoms with Crippen molar-refractivity contribution in [2.45, 2.75) is 105 Å². The van der Waals surface area contributed by atoms with Crippen LogP contribution in [0.4, 0.5) is 0 Å². The highest BCUT2D eigenvalue weighted by Gasteiger charge is 2.66. The fourth-order valence-electron chi connectivity index (χ4n) is 7.71. The first-order chi connectivity index (χ1) is 17.7. The van der Waals surface area contributed by atoms with E-state index in [1.54, 1.807) is 19.9 Å². The minimum absolute atomic E-state index is 0.0516. The summed E-state index contributed by atoms with van der Waals surface area (Å²) < 4.78 is 0. The van der Waals surface area contributed by atoms with Crippen LogP contribution >= 0.6 is 0 Å². The Hall–Kier alpha value is -2.34. The SMILES string of the molecule is CC1=C(CO)C2=C(C)C3(CC3)C(C)(O)C(=O)C2=C1.CCCCC1=C(C)C=C2C(=O)C(C)(O)C3(CC3)C(C)=C21. The van der Waals surface area contributed by atoms with E-state index in [-0.39, 0.29) is 29.0 Å². The maximum absolute atomic E-state index is 12.7. The number of hydrogen-bond acceptors (Lipinski definition) is 5. The highest BCUT2D eigenvalue weighted by atomic mass is 16.3. The zero-order valence-electron chi connectivity index (χ0n) is 24.0. The fraction of sp³-hybridized carbons (Fsp3) is 0.576. The molecule has 2 saturated carbocycles. The van der Waals surface area contributed by atoms with Gasteiger partial charge in [0.2, 0.25) is 0 Å². The molecule has 0 aromatic rings. The molecule has 0 aliphatic heterocycles. The summed E-state index contributed by atoms with van der Waals surface area (Å²) in [6.07, 6.45) is 10.7. The highest BCUT2D eigenvalue weighted by molar-refractivity contribution is 6.11. The average molecular weight is 519 g/mol. The van der Waals surface area contributed by atoms with Crippen LogP contribution in [-0.2, 0) is 9.59 Å². The number of aliphatic hydroxyl groups is 3. The predicted octanol–water partition coefficient (Wildman–Crippen LogP) is 5.53. The van der Waals surface area contributed by atoms with Gasteiger partial charge in [0.15, 0.2) is 11.6 Å². The van der Waals surface area contributed by atoms with Crippen LogP contribution in [0.2, 0.25) is 0 Å². The Balaban J connectivity index is 0.000000156. The average Bonchev–Trinajstić information content (AvgIpc) is 3.78. The summed E-state index contributed by atoms with van der Waals surface area (Å²) in [5, 5.41) is 30.8. The maximum atomic E-state index is 12.7. The van der Waals surface area contributed by atoms with Gasteiger partial charge < -0.3 is 15.3 Å². The molecular weight excluding hydrogens is 476 g/mol. The Morgan fingerprint density at radius 2 is 1.13 bits per heavy atom. The van der Waals surface area contributed by atoms with Crippen LogP contribution in [-0.4, -0.2) is 44.7 Å². The minimum atomic E-state index is -1.29. The molecule has 0 radical (unpaired) electrons. The molecule has 6 aliphatic rings. The lowest BCUT2D eigenvalue weighted by Gasteiger charge is -2.39. The number of aliphatic hydroxyl groups excluding tert-OH is 1. The highest BCUT2D eigenvalue weighted by Crippen LogP contribution is 2.66. The van der Waals surface area contributed by atoms with Crippen LogP contribution in [0.1, 0.15) is 93.4 Å². The molecular formula is C33H42O5. The molecule has 2 atom stereocenters. The lowest BCUT2D eigenvalue weighted by molar-refractivity contribution is -0.138. The Labute approximate surface area is 226 Å². The number of Topliss-reactive ketones (excluding diaryl/α,β-unsaturated/α-hetero) is 2. The summed E-state index contributed by atoms with van der Waals surface area (Å²) in [6, 6.07) is 0. The molecule has 0 bridgehead atoms. The van der Waals surface area contributed by atoms with E-state index in [0.29, 0.717) is 5.57 Å². The third kappa shape index (κ3) is 3.34. The monoisotopic (exact) mass is 518 g/mol. The van der Waals surface area contributed by atoms with Crippen LogP contribution < -0.4 is 0 Å². The van der Waals surface area contributed by atoms with Gasteiger partial charge in [0, 0.05) is 22.0 Å². The molecule has 0 heterocycles. The Kier molecular flexibility index (Phi) is 6.15. The number of carbonyl (C=O) groups excluding carboxylic acids is 2. The second-order valence-corrected chi connectivity index (χ2v) is 12.7. The van der Waals surface area contributed by atoms with Gasteiger partial charge in [-0.2, -0.15) is 0 Å². The van der Waals surface area contributed by atoms with Gasteiger partial charge in [-0.3, -0.25) is 9.59 Å². The van der Waals surface area contributed by atoms with E-state index in [1.165, 1.54) is 22.3 Å². The van der Waals surface area contributed by atoms with E-state index in [2.05, 4.69) is 20.8 Å². The first-order valence-electron chi connectivity index (χ1n) is 14.2. The van der Waals surface area contributed by atoms with E-state index in [0.717, 1.165) is 72.8 Å². The molecule has 38 heavy (non-hydrogen) atoms. The van der Waals surface area contributed by atoms with Gasteiger partial charge in [0.1, 0.15) is 11.2 Å². The second kappa shape index (κ2) is 8.58. The summed E-state index contributed by atoms with van der Waals surface area (Å²) in [4.78, 5) is 25.2. The Morgan fingerprint density at radius 3 is 1.50 bits per heavy atom. The third-order valence-electron chi connectivity index (χ3n) is 10.7. The van der Waals surface area contributed by atoms with Crippen LogP contribution in [0.25, 0.3) is 0 Å². The number of allylic oxidation sites excluding steroid dienone is 6. The quantitative estimate of drug-likeness (QED) is 0.455. The molecule has 5 nitrogen and oxygen atoms in total. The molecule has 6 rings (SSSR count). The van der Waals surface area contributed by atoms with Crippen LogP contribution in [0.15, 0.2) is 67.9 Å². The fourth-order valence-corrected chi connectivity index (χ4v) is 7.71. The van der Waals surface area contributed by atoms with Gasteiger partial charge in [-0.15, -0.1) is 0 Å². The molecule has 0 aromatic carbocycles. The number of hydrogen-bond donors (Lipinski definition) is 3. The topological polar surface area (TPSA) is 94.8 Å². The molecule has 0 saturated heterocycles. The van der Waals surface area contributed by atoms with Crippen LogP contribution in [0, 0.1) is 10.8 Å². The lowest BCUT2D eigenvalue weighted by Crippen LogP contribution is -2.49. The van der Waals surface area contributed by atoms with Crippen molar-refractivity contribution in [2.24, 2.45) is 10.8 Å². The van der Waals surface area contributed by atoms with Crippen molar-refractivity contribution in [3.63, 3.8) is 0 Å². The van der Waals surface area contributed by atoms with Crippen molar-refractivity contribution in [3.8, 4) is 0 Å². The molecule has 6 aliphatic carbocycles. The van der Waals surface area contributed by atoms with E-state index in [9.17, 15) is 24.9 Å². The largest absolute Gasteiger partial charge is 0.392 e. The van der Waals surface area contributed by atoms with Crippen molar-refractivity contribution < 1.29 is 24.9 Å². The zero-order valence-corrected chi connectivity index (χ0v) is 24.0. The summed E-state index contributed by atoms with van der Waals surface area (Å²) in [5.74, 6) is -0.259. The van der Waals surface area contributed by atoms with Crippen LogP contribution in [0.5, 0.6) is 0 Å². The number of unbranched alkanes of at least 4 members (excludes halogenated alkanes) is 1. The van der Waals surface area contributed by atoms with Crippen LogP contribution in [0.3, 0.4) is 0 Å². The predicted molar refractivity (Wildman–Crippen MR) is 148 cm³/mol. The maximum Gasteiger partial charge on any atom is 0.195 e. The first kappa shape index (κ1) is 27.2. The standard InChI is InChI=1S/C18H24O2.C15H18O3/c1-5-6-7-13-11(2)10-14-15(13)12(3)18(8-9-18)17(4,20)16(14)19;1-8-6-10-12(11(8)7-16)9(2)15(4-5-15)14(3,18)13(10)17/h10,20H,5-9H2,1-4H3;6,16,18H,4-5,7H2,1-3H3. The van der Waals surface area contributed by atoms with Crippen molar-refractivity contribution in [3.05, 3.63) is 67.9 Å². The molecule has 2 unspecified atom stereocenters. The third-order valence-corrected chi connectivity index (χ3v) is 10.7. The molecule has 3 N–H and O–H groups in total. The van der Waals surface area contributed by atoms with Gasteiger partial charge >= 0.3 is 0 Å². The molecule has 204 valence electrons. The van der Waals surface area contributed by atoms with Gasteiger partial charge in [-0.25, -0.2) is 0 Å².